The highest BCUT2D eigenvalue weighted by Crippen LogP contribution is 2.14. The van der Waals surface area contributed by atoms with Crippen LogP contribution in [-0.4, -0.2) is 4.98 Å². The van der Waals surface area contributed by atoms with Gasteiger partial charge in [-0.25, -0.2) is 0 Å². The minimum atomic E-state index is 1.19. The molecule has 0 unspecified atom stereocenters. The van der Waals surface area contributed by atoms with Crippen molar-refractivity contribution >= 4 is 0 Å². The molecule has 0 atom stereocenters. The van der Waals surface area contributed by atoms with Gasteiger partial charge in [-0.05, 0) is 43.9 Å². The average molecular weight is 177 g/mol. The highest BCUT2D eigenvalue weighted by molar-refractivity contribution is 5.28. The Morgan fingerprint density at radius 2 is 2.00 bits per heavy atom. The van der Waals surface area contributed by atoms with Crippen molar-refractivity contribution in [2.45, 2.75) is 46.5 Å². The highest BCUT2D eigenvalue weighted by Gasteiger charge is 2.01. The molecule has 0 saturated carbocycles. The molecule has 72 valence electrons. The number of nitrogens with zero attached hydrogens (tertiary/aromatic N) is 1. The molecule has 0 fully saturated rings. The van der Waals surface area contributed by atoms with Gasteiger partial charge in [0.2, 0.25) is 0 Å². The number of pyridine rings is 1. The first-order valence-corrected chi connectivity index (χ1v) is 5.16. The van der Waals surface area contributed by atoms with Crippen LogP contribution in [0.3, 0.4) is 0 Å². The molecule has 0 aliphatic rings. The Kier molecular flexibility index (Phi) is 3.94. The summed E-state index contributed by atoms with van der Waals surface area (Å²) in [7, 11) is 0. The molecule has 0 aliphatic heterocycles. The van der Waals surface area contributed by atoms with E-state index in [9.17, 15) is 0 Å². The van der Waals surface area contributed by atoms with Crippen LogP contribution in [0.2, 0.25) is 0 Å². The largest absolute Gasteiger partial charge is 0.261 e. The lowest BCUT2D eigenvalue weighted by Crippen LogP contribution is -1.96. The number of rotatable bonds is 4. The standard InChI is InChI=1S/C12H19N/c1-4-5-6-7-12-10(2)8-9-13-11(12)3/h8-9H,4-7H2,1-3H3. The van der Waals surface area contributed by atoms with Gasteiger partial charge in [0.15, 0.2) is 0 Å². The van der Waals surface area contributed by atoms with Crippen molar-refractivity contribution in [1.82, 2.24) is 4.98 Å². The van der Waals surface area contributed by atoms with Crippen LogP contribution in [0.25, 0.3) is 0 Å². The molecule has 1 nitrogen and oxygen atoms in total. The SMILES string of the molecule is CCCCCc1c(C)ccnc1C. The van der Waals surface area contributed by atoms with Gasteiger partial charge in [-0.1, -0.05) is 19.8 Å². The Bertz CT molecular complexity index is 246. The fourth-order valence-corrected chi connectivity index (χ4v) is 1.65. The van der Waals surface area contributed by atoms with Crippen LogP contribution in [-0.2, 0) is 6.42 Å². The van der Waals surface area contributed by atoms with Gasteiger partial charge >= 0.3 is 0 Å². The minimum absolute atomic E-state index is 1.19. The summed E-state index contributed by atoms with van der Waals surface area (Å²) in [5, 5.41) is 0. The quantitative estimate of drug-likeness (QED) is 0.642. The van der Waals surface area contributed by atoms with E-state index in [1.54, 1.807) is 0 Å². The van der Waals surface area contributed by atoms with Gasteiger partial charge in [-0.2, -0.15) is 0 Å². The van der Waals surface area contributed by atoms with E-state index in [-0.39, 0.29) is 0 Å². The molecule has 0 aliphatic carbocycles. The molecular weight excluding hydrogens is 158 g/mol. The Morgan fingerprint density at radius 3 is 2.62 bits per heavy atom. The van der Waals surface area contributed by atoms with E-state index in [0.29, 0.717) is 0 Å². The Morgan fingerprint density at radius 1 is 1.23 bits per heavy atom. The summed E-state index contributed by atoms with van der Waals surface area (Å²) < 4.78 is 0. The van der Waals surface area contributed by atoms with Crippen molar-refractivity contribution in [3.05, 3.63) is 29.1 Å². The zero-order valence-corrected chi connectivity index (χ0v) is 8.93. The van der Waals surface area contributed by atoms with Crippen LogP contribution in [0.1, 0.15) is 43.0 Å². The van der Waals surface area contributed by atoms with E-state index < -0.39 is 0 Å². The number of aryl methyl sites for hydroxylation is 2. The molecule has 0 saturated heterocycles. The maximum absolute atomic E-state index is 4.32. The lowest BCUT2D eigenvalue weighted by molar-refractivity contribution is 0.711. The average Bonchev–Trinajstić information content (AvgIpc) is 2.10. The lowest BCUT2D eigenvalue weighted by Gasteiger charge is -2.07. The first-order valence-electron chi connectivity index (χ1n) is 5.16. The molecule has 0 amide bonds. The molecule has 0 N–H and O–H groups in total. The smallest absolute Gasteiger partial charge is 0.0407 e. The van der Waals surface area contributed by atoms with Crippen molar-refractivity contribution in [2.24, 2.45) is 0 Å². The third-order valence-corrected chi connectivity index (χ3v) is 2.54. The molecule has 0 radical (unpaired) electrons. The summed E-state index contributed by atoms with van der Waals surface area (Å²) in [6.07, 6.45) is 7.00. The summed E-state index contributed by atoms with van der Waals surface area (Å²) in [5.74, 6) is 0. The van der Waals surface area contributed by atoms with Crippen molar-refractivity contribution in [3.63, 3.8) is 0 Å². The van der Waals surface area contributed by atoms with Gasteiger partial charge in [-0.3, -0.25) is 4.98 Å². The van der Waals surface area contributed by atoms with Gasteiger partial charge in [-0.15, -0.1) is 0 Å². The van der Waals surface area contributed by atoms with Gasteiger partial charge in [0.05, 0.1) is 0 Å². The van der Waals surface area contributed by atoms with Crippen LogP contribution >= 0.6 is 0 Å². The summed E-state index contributed by atoms with van der Waals surface area (Å²) in [6, 6.07) is 2.11. The topological polar surface area (TPSA) is 12.9 Å². The fraction of sp³-hybridized carbons (Fsp3) is 0.583. The Hall–Kier alpha value is -0.850. The van der Waals surface area contributed by atoms with Crippen LogP contribution in [0.15, 0.2) is 12.3 Å². The van der Waals surface area contributed by atoms with Crippen molar-refractivity contribution in [2.75, 3.05) is 0 Å². The molecule has 0 spiro atoms. The molecule has 13 heavy (non-hydrogen) atoms. The Balaban J connectivity index is 2.64. The second-order valence-electron chi connectivity index (χ2n) is 3.65. The van der Waals surface area contributed by atoms with E-state index in [4.69, 9.17) is 0 Å². The molecule has 1 aromatic rings. The predicted molar refractivity (Wildman–Crippen MR) is 56.9 cm³/mol. The maximum atomic E-state index is 4.32. The maximum Gasteiger partial charge on any atom is 0.0407 e. The molecular formula is C12H19N. The Labute approximate surface area is 81.2 Å². The van der Waals surface area contributed by atoms with Crippen LogP contribution in [0.5, 0.6) is 0 Å². The van der Waals surface area contributed by atoms with Crippen molar-refractivity contribution in [3.8, 4) is 0 Å². The normalized spacial score (nSPS) is 10.4. The first-order chi connectivity index (χ1) is 6.25. The summed E-state index contributed by atoms with van der Waals surface area (Å²) in [6.45, 7) is 6.52. The van der Waals surface area contributed by atoms with E-state index >= 15 is 0 Å². The van der Waals surface area contributed by atoms with Crippen molar-refractivity contribution < 1.29 is 0 Å². The minimum Gasteiger partial charge on any atom is -0.261 e. The molecule has 0 bridgehead atoms. The van der Waals surface area contributed by atoms with Crippen molar-refractivity contribution in [1.29, 1.82) is 0 Å². The van der Waals surface area contributed by atoms with Crippen LogP contribution in [0.4, 0.5) is 0 Å². The number of aromatic nitrogens is 1. The molecule has 1 rings (SSSR count). The fourth-order valence-electron chi connectivity index (χ4n) is 1.65. The van der Waals surface area contributed by atoms with Gasteiger partial charge in [0.1, 0.15) is 0 Å². The zero-order valence-electron chi connectivity index (χ0n) is 8.93. The summed E-state index contributed by atoms with van der Waals surface area (Å²) in [4.78, 5) is 4.32. The third kappa shape index (κ3) is 2.83. The third-order valence-electron chi connectivity index (χ3n) is 2.54. The van der Waals surface area contributed by atoms with Gasteiger partial charge in [0, 0.05) is 11.9 Å². The van der Waals surface area contributed by atoms with E-state index in [1.165, 1.54) is 42.5 Å². The lowest BCUT2D eigenvalue weighted by atomic mass is 10.0. The van der Waals surface area contributed by atoms with E-state index in [2.05, 4.69) is 31.8 Å². The first kappa shape index (κ1) is 10.2. The van der Waals surface area contributed by atoms with Gasteiger partial charge < -0.3 is 0 Å². The zero-order chi connectivity index (χ0) is 9.68. The molecule has 1 heterocycles. The number of hydrogen-bond donors (Lipinski definition) is 0. The van der Waals surface area contributed by atoms with Gasteiger partial charge in [0.25, 0.3) is 0 Å². The summed E-state index contributed by atoms with van der Waals surface area (Å²) in [5.41, 5.74) is 4.05. The second kappa shape index (κ2) is 5.00. The number of unbranched alkanes of at least 4 members (excludes halogenated alkanes) is 2. The van der Waals surface area contributed by atoms with E-state index in [1.807, 2.05) is 6.20 Å². The predicted octanol–water partition coefficient (Wildman–Crippen LogP) is 3.43. The molecule has 1 heteroatoms. The van der Waals surface area contributed by atoms with E-state index in [0.717, 1.165) is 0 Å². The molecule has 0 aromatic carbocycles. The second-order valence-corrected chi connectivity index (χ2v) is 3.65. The van der Waals surface area contributed by atoms with Crippen LogP contribution < -0.4 is 0 Å². The highest BCUT2D eigenvalue weighted by atomic mass is 14.7. The summed E-state index contributed by atoms with van der Waals surface area (Å²) >= 11 is 0. The van der Waals surface area contributed by atoms with Crippen LogP contribution in [0, 0.1) is 13.8 Å². The number of hydrogen-bond acceptors (Lipinski definition) is 1. The molecule has 1 aromatic heterocycles. The monoisotopic (exact) mass is 177 g/mol.